The fourth-order valence-corrected chi connectivity index (χ4v) is 1.42. The van der Waals surface area contributed by atoms with E-state index in [9.17, 15) is 19.1 Å². The molecule has 0 aromatic heterocycles. The highest BCUT2D eigenvalue weighted by molar-refractivity contribution is 5.92. The van der Waals surface area contributed by atoms with Gasteiger partial charge in [-0.05, 0) is 31.5 Å². The summed E-state index contributed by atoms with van der Waals surface area (Å²) in [6.07, 6.45) is -1.27. The number of amides is 2. The Labute approximate surface area is 109 Å². The number of carboxylic acids is 1. The number of aliphatic hydroxyl groups excluding tert-OH is 1. The second-order valence-corrected chi connectivity index (χ2v) is 4.14. The predicted octanol–water partition coefficient (Wildman–Crippen LogP) is 1.09. The molecule has 0 bridgehead atoms. The number of aryl methyl sites for hydroxylation is 1. The number of nitrogens with one attached hydrogen (secondary N) is 2. The van der Waals surface area contributed by atoms with Crippen molar-refractivity contribution in [3.63, 3.8) is 0 Å². The number of carbonyl (C=O) groups is 2. The Bertz CT molecular complexity index is 491. The number of anilines is 1. The molecule has 0 aliphatic heterocycles. The molecule has 0 heterocycles. The summed E-state index contributed by atoms with van der Waals surface area (Å²) in [5.74, 6) is -2.01. The standard InChI is InChI=1S/C12H15FN2O4/c1-6-3-4-8(13)9(5-6)14-12(19)15-10(7(2)16)11(17)18/h3-5,7,10,16H,1-2H3,(H,17,18)(H2,14,15,19)/t7-,10+/m1/s1. The maximum atomic E-state index is 13.4. The number of hydrogen-bond donors (Lipinski definition) is 4. The average molecular weight is 270 g/mol. The van der Waals surface area contributed by atoms with Gasteiger partial charge in [-0.2, -0.15) is 0 Å². The summed E-state index contributed by atoms with van der Waals surface area (Å²) >= 11 is 0. The topological polar surface area (TPSA) is 98.7 Å². The Morgan fingerprint density at radius 1 is 1.37 bits per heavy atom. The molecule has 0 unspecified atom stereocenters. The maximum absolute atomic E-state index is 13.4. The van der Waals surface area contributed by atoms with E-state index in [1.54, 1.807) is 6.92 Å². The van der Waals surface area contributed by atoms with Gasteiger partial charge in [0.15, 0.2) is 6.04 Å². The Hall–Kier alpha value is -2.15. The van der Waals surface area contributed by atoms with Crippen LogP contribution in [-0.2, 0) is 4.79 Å². The summed E-state index contributed by atoms with van der Waals surface area (Å²) in [6.45, 7) is 2.95. The van der Waals surface area contributed by atoms with E-state index in [1.807, 2.05) is 5.32 Å². The molecule has 1 aromatic carbocycles. The highest BCUT2D eigenvalue weighted by atomic mass is 19.1. The fraction of sp³-hybridized carbons (Fsp3) is 0.333. The average Bonchev–Trinajstić information content (AvgIpc) is 2.30. The van der Waals surface area contributed by atoms with Gasteiger partial charge in [0, 0.05) is 0 Å². The van der Waals surface area contributed by atoms with Crippen molar-refractivity contribution in [2.24, 2.45) is 0 Å². The van der Waals surface area contributed by atoms with E-state index in [0.29, 0.717) is 0 Å². The SMILES string of the molecule is Cc1ccc(F)c(NC(=O)N[C@H](C(=O)O)[C@@H](C)O)c1. The van der Waals surface area contributed by atoms with Crippen LogP contribution >= 0.6 is 0 Å². The largest absolute Gasteiger partial charge is 0.480 e. The molecular weight excluding hydrogens is 255 g/mol. The second kappa shape index (κ2) is 6.14. The highest BCUT2D eigenvalue weighted by Crippen LogP contribution is 2.15. The van der Waals surface area contributed by atoms with Crippen LogP contribution in [0.5, 0.6) is 0 Å². The van der Waals surface area contributed by atoms with Crippen molar-refractivity contribution in [2.45, 2.75) is 26.0 Å². The van der Waals surface area contributed by atoms with Gasteiger partial charge in [-0.25, -0.2) is 14.0 Å². The summed E-state index contributed by atoms with van der Waals surface area (Å²) in [5, 5.41) is 22.2. The first-order valence-corrected chi connectivity index (χ1v) is 5.56. The summed E-state index contributed by atoms with van der Waals surface area (Å²) < 4.78 is 13.4. The van der Waals surface area contributed by atoms with Gasteiger partial charge >= 0.3 is 12.0 Å². The van der Waals surface area contributed by atoms with Crippen LogP contribution in [0.3, 0.4) is 0 Å². The summed E-state index contributed by atoms with van der Waals surface area (Å²) in [4.78, 5) is 22.3. The van der Waals surface area contributed by atoms with Gasteiger partial charge < -0.3 is 20.8 Å². The minimum atomic E-state index is -1.46. The summed E-state index contributed by atoms with van der Waals surface area (Å²) in [7, 11) is 0. The van der Waals surface area contributed by atoms with Crippen LogP contribution in [0.1, 0.15) is 12.5 Å². The molecule has 1 rings (SSSR count). The molecular formula is C12H15FN2O4. The zero-order valence-electron chi connectivity index (χ0n) is 10.5. The number of aliphatic hydroxyl groups is 1. The zero-order valence-corrected chi connectivity index (χ0v) is 10.5. The third-order valence-corrected chi connectivity index (χ3v) is 2.41. The van der Waals surface area contributed by atoms with E-state index < -0.39 is 30.0 Å². The van der Waals surface area contributed by atoms with Gasteiger partial charge in [-0.1, -0.05) is 6.07 Å². The van der Waals surface area contributed by atoms with Gasteiger partial charge in [0.05, 0.1) is 11.8 Å². The number of benzene rings is 1. The van der Waals surface area contributed by atoms with Crippen LogP contribution in [0.15, 0.2) is 18.2 Å². The molecule has 0 saturated heterocycles. The minimum Gasteiger partial charge on any atom is -0.480 e. The Morgan fingerprint density at radius 2 is 2.00 bits per heavy atom. The van der Waals surface area contributed by atoms with Crippen molar-refractivity contribution < 1.29 is 24.2 Å². The maximum Gasteiger partial charge on any atom is 0.328 e. The number of carboxylic acid groups (broad SMARTS) is 1. The van der Waals surface area contributed by atoms with Crippen molar-refractivity contribution in [2.75, 3.05) is 5.32 Å². The minimum absolute atomic E-state index is 0.0627. The van der Waals surface area contributed by atoms with E-state index >= 15 is 0 Å². The lowest BCUT2D eigenvalue weighted by atomic mass is 10.2. The zero-order chi connectivity index (χ0) is 14.6. The number of rotatable bonds is 4. The monoisotopic (exact) mass is 270 g/mol. The first kappa shape index (κ1) is 14.9. The van der Waals surface area contributed by atoms with Crippen LogP contribution < -0.4 is 10.6 Å². The van der Waals surface area contributed by atoms with E-state index in [1.165, 1.54) is 25.1 Å². The number of urea groups is 1. The number of halogens is 1. The van der Waals surface area contributed by atoms with Crippen LogP contribution in [0.25, 0.3) is 0 Å². The molecule has 0 spiro atoms. The van der Waals surface area contributed by atoms with Crippen molar-refractivity contribution in [1.82, 2.24) is 5.32 Å². The Kier molecular flexibility index (Phi) is 4.82. The van der Waals surface area contributed by atoms with Crippen molar-refractivity contribution in [1.29, 1.82) is 0 Å². The van der Waals surface area contributed by atoms with Crippen molar-refractivity contribution in [3.05, 3.63) is 29.6 Å². The quantitative estimate of drug-likeness (QED) is 0.658. The Balaban J connectivity index is 2.74. The van der Waals surface area contributed by atoms with Crippen LogP contribution in [0.4, 0.5) is 14.9 Å². The van der Waals surface area contributed by atoms with Gasteiger partial charge in [0.2, 0.25) is 0 Å². The third-order valence-electron chi connectivity index (χ3n) is 2.41. The molecule has 7 heteroatoms. The molecule has 0 aliphatic rings. The first-order valence-electron chi connectivity index (χ1n) is 5.56. The molecule has 0 fully saturated rings. The molecule has 6 nitrogen and oxygen atoms in total. The molecule has 104 valence electrons. The molecule has 4 N–H and O–H groups in total. The summed E-state index contributed by atoms with van der Waals surface area (Å²) in [5.41, 5.74) is 0.675. The van der Waals surface area contributed by atoms with E-state index in [-0.39, 0.29) is 5.69 Å². The van der Waals surface area contributed by atoms with Gasteiger partial charge in [-0.3, -0.25) is 0 Å². The second-order valence-electron chi connectivity index (χ2n) is 4.14. The Morgan fingerprint density at radius 3 is 2.53 bits per heavy atom. The lowest BCUT2D eigenvalue weighted by Crippen LogP contribution is -2.49. The van der Waals surface area contributed by atoms with Crippen LogP contribution in [0, 0.1) is 12.7 Å². The molecule has 0 aliphatic carbocycles. The summed E-state index contributed by atoms with van der Waals surface area (Å²) in [6, 6.07) is 1.76. The van der Waals surface area contributed by atoms with E-state index in [0.717, 1.165) is 5.56 Å². The molecule has 2 amide bonds. The molecule has 19 heavy (non-hydrogen) atoms. The first-order chi connectivity index (χ1) is 8.81. The molecule has 0 saturated carbocycles. The number of aliphatic carboxylic acids is 1. The normalized spacial score (nSPS) is 13.5. The predicted molar refractivity (Wildman–Crippen MR) is 66.4 cm³/mol. The number of hydrogen-bond acceptors (Lipinski definition) is 3. The van der Waals surface area contributed by atoms with Gasteiger partial charge in [-0.15, -0.1) is 0 Å². The van der Waals surface area contributed by atoms with E-state index in [2.05, 4.69) is 5.32 Å². The van der Waals surface area contributed by atoms with Gasteiger partial charge in [0.1, 0.15) is 5.82 Å². The van der Waals surface area contributed by atoms with Gasteiger partial charge in [0.25, 0.3) is 0 Å². The number of carbonyl (C=O) groups excluding carboxylic acids is 1. The molecule has 2 atom stereocenters. The van der Waals surface area contributed by atoms with Crippen molar-refractivity contribution >= 4 is 17.7 Å². The van der Waals surface area contributed by atoms with Crippen LogP contribution in [0.2, 0.25) is 0 Å². The van der Waals surface area contributed by atoms with E-state index in [4.69, 9.17) is 5.11 Å². The fourth-order valence-electron chi connectivity index (χ4n) is 1.42. The lowest BCUT2D eigenvalue weighted by molar-refractivity contribution is -0.141. The highest BCUT2D eigenvalue weighted by Gasteiger charge is 2.25. The third kappa shape index (κ3) is 4.22. The molecule has 1 aromatic rings. The smallest absolute Gasteiger partial charge is 0.328 e. The molecule has 0 radical (unpaired) electrons. The van der Waals surface area contributed by atoms with Crippen molar-refractivity contribution in [3.8, 4) is 0 Å². The van der Waals surface area contributed by atoms with Crippen LogP contribution in [-0.4, -0.2) is 34.4 Å². The lowest BCUT2D eigenvalue weighted by Gasteiger charge is -2.17.